The molecular weight excluding hydrogens is 200 g/mol. The quantitative estimate of drug-likeness (QED) is 0.517. The van der Waals surface area contributed by atoms with Crippen molar-refractivity contribution in [3.05, 3.63) is 0 Å². The van der Waals surface area contributed by atoms with Crippen molar-refractivity contribution in [2.24, 2.45) is 5.10 Å². The molecule has 92 valence electrons. The maximum absolute atomic E-state index is 4.39. The molecule has 0 radical (unpaired) electrons. The van der Waals surface area contributed by atoms with Crippen LogP contribution in [-0.2, 0) is 0 Å². The lowest BCUT2D eigenvalue weighted by molar-refractivity contribution is 0.229. The third kappa shape index (κ3) is 2.09. The van der Waals surface area contributed by atoms with Gasteiger partial charge in [-0.3, -0.25) is 9.80 Å². The fourth-order valence-corrected chi connectivity index (χ4v) is 3.12. The molecule has 2 aliphatic rings. The molecule has 2 fully saturated rings. The van der Waals surface area contributed by atoms with E-state index in [1.54, 1.807) is 0 Å². The van der Waals surface area contributed by atoms with Crippen LogP contribution < -0.4 is 0 Å². The first-order chi connectivity index (χ1) is 7.61. The van der Waals surface area contributed by atoms with E-state index in [0.29, 0.717) is 6.17 Å². The molecule has 1 aliphatic heterocycles. The van der Waals surface area contributed by atoms with E-state index in [2.05, 4.69) is 35.2 Å². The van der Waals surface area contributed by atoms with Gasteiger partial charge in [0.05, 0.1) is 6.21 Å². The van der Waals surface area contributed by atoms with Gasteiger partial charge in [0.1, 0.15) is 6.17 Å². The second-order valence-electron chi connectivity index (χ2n) is 5.28. The Bertz CT molecular complexity index is 246. The lowest BCUT2D eigenvalue weighted by Crippen LogP contribution is -2.38. The van der Waals surface area contributed by atoms with Crippen LogP contribution in [0.4, 0.5) is 0 Å². The minimum atomic E-state index is 0.371. The average Bonchev–Trinajstić information content (AvgIpc) is 2.50. The van der Waals surface area contributed by atoms with E-state index in [1.165, 1.54) is 25.7 Å². The minimum absolute atomic E-state index is 0.371. The van der Waals surface area contributed by atoms with E-state index in [9.17, 15) is 0 Å². The number of nitrogens with zero attached hydrogens (tertiary/aromatic N) is 4. The number of hydrazone groups is 1. The molecule has 2 rings (SSSR count). The summed E-state index contributed by atoms with van der Waals surface area (Å²) in [5.41, 5.74) is 0. The lowest BCUT2D eigenvalue weighted by Gasteiger charge is -2.29. The topological polar surface area (TPSA) is 22.1 Å². The van der Waals surface area contributed by atoms with Crippen LogP contribution in [0.1, 0.15) is 25.7 Å². The third-order valence-electron chi connectivity index (χ3n) is 4.01. The largest absolute Gasteiger partial charge is 0.303 e. The monoisotopic (exact) mass is 224 g/mol. The van der Waals surface area contributed by atoms with E-state index in [-0.39, 0.29) is 0 Å². The van der Waals surface area contributed by atoms with Crippen LogP contribution in [0.25, 0.3) is 0 Å². The maximum Gasteiger partial charge on any atom is 0.101 e. The molecule has 1 aliphatic carbocycles. The second-order valence-corrected chi connectivity index (χ2v) is 5.28. The predicted molar refractivity (Wildman–Crippen MR) is 67.5 cm³/mol. The summed E-state index contributed by atoms with van der Waals surface area (Å²) >= 11 is 0. The van der Waals surface area contributed by atoms with Crippen molar-refractivity contribution in [3.63, 3.8) is 0 Å². The highest BCUT2D eigenvalue weighted by molar-refractivity contribution is 5.64. The molecule has 0 aromatic heterocycles. The predicted octanol–water partition coefficient (Wildman–Crippen LogP) is 1.05. The van der Waals surface area contributed by atoms with E-state index in [4.69, 9.17) is 0 Å². The van der Waals surface area contributed by atoms with Gasteiger partial charge in [-0.15, -0.1) is 0 Å². The van der Waals surface area contributed by atoms with Gasteiger partial charge in [-0.1, -0.05) is 12.8 Å². The molecule has 0 bridgehead atoms. The van der Waals surface area contributed by atoms with Crippen LogP contribution in [0.15, 0.2) is 5.10 Å². The molecule has 1 saturated heterocycles. The van der Waals surface area contributed by atoms with Gasteiger partial charge < -0.3 is 5.01 Å². The zero-order chi connectivity index (χ0) is 11.7. The molecule has 0 aromatic carbocycles. The fourth-order valence-electron chi connectivity index (χ4n) is 3.12. The van der Waals surface area contributed by atoms with E-state index in [0.717, 1.165) is 12.1 Å². The molecule has 2 atom stereocenters. The molecule has 4 heteroatoms. The summed E-state index contributed by atoms with van der Waals surface area (Å²) in [6.45, 7) is 0. The summed E-state index contributed by atoms with van der Waals surface area (Å²) in [6.07, 6.45) is 7.90. The Balaban J connectivity index is 2.08. The Hall–Kier alpha value is -0.610. The van der Waals surface area contributed by atoms with Crippen molar-refractivity contribution in [1.29, 1.82) is 0 Å². The standard InChI is InChI=1S/C12H24N4/c1-14(2)13-9-12-15(3)10-7-5-6-8-11(10)16(12)4/h9-12H,5-8H2,1-4H3/b13-9+/t10-,11-/m0/s1. The van der Waals surface area contributed by atoms with Gasteiger partial charge in [0.15, 0.2) is 0 Å². The molecule has 16 heavy (non-hydrogen) atoms. The Morgan fingerprint density at radius 2 is 1.56 bits per heavy atom. The summed E-state index contributed by atoms with van der Waals surface area (Å²) < 4.78 is 0. The minimum Gasteiger partial charge on any atom is -0.303 e. The van der Waals surface area contributed by atoms with Gasteiger partial charge in [-0.25, -0.2) is 0 Å². The summed E-state index contributed by atoms with van der Waals surface area (Å²) in [6, 6.07) is 1.47. The molecule has 0 N–H and O–H groups in total. The summed E-state index contributed by atoms with van der Waals surface area (Å²) in [4.78, 5) is 4.97. The molecular formula is C12H24N4. The van der Waals surface area contributed by atoms with Crippen LogP contribution in [0.2, 0.25) is 0 Å². The van der Waals surface area contributed by atoms with E-state index >= 15 is 0 Å². The Kier molecular flexibility index (Phi) is 3.50. The molecule has 0 aromatic rings. The van der Waals surface area contributed by atoms with E-state index in [1.807, 2.05) is 19.1 Å². The normalized spacial score (nSPS) is 33.5. The number of likely N-dealkylation sites (N-methyl/N-ethyl adjacent to an activating group) is 2. The lowest BCUT2D eigenvalue weighted by atomic mass is 9.91. The van der Waals surface area contributed by atoms with Crippen molar-refractivity contribution in [3.8, 4) is 0 Å². The molecule has 1 heterocycles. The van der Waals surface area contributed by atoms with Gasteiger partial charge >= 0.3 is 0 Å². The van der Waals surface area contributed by atoms with Gasteiger partial charge in [0.25, 0.3) is 0 Å². The van der Waals surface area contributed by atoms with Gasteiger partial charge in [-0.2, -0.15) is 5.10 Å². The average molecular weight is 224 g/mol. The molecule has 0 amide bonds. The Morgan fingerprint density at radius 1 is 1.06 bits per heavy atom. The van der Waals surface area contributed by atoms with Gasteiger partial charge in [-0.05, 0) is 26.9 Å². The highest BCUT2D eigenvalue weighted by atomic mass is 15.5. The van der Waals surface area contributed by atoms with Gasteiger partial charge in [0.2, 0.25) is 0 Å². The number of fused-ring (bicyclic) bond motifs is 1. The number of rotatable bonds is 2. The third-order valence-corrected chi connectivity index (χ3v) is 4.01. The van der Waals surface area contributed by atoms with E-state index < -0.39 is 0 Å². The van der Waals surface area contributed by atoms with Crippen LogP contribution in [-0.4, -0.2) is 67.5 Å². The molecule has 0 spiro atoms. The smallest absolute Gasteiger partial charge is 0.101 e. The zero-order valence-electron chi connectivity index (χ0n) is 10.9. The zero-order valence-corrected chi connectivity index (χ0v) is 10.9. The maximum atomic E-state index is 4.39. The van der Waals surface area contributed by atoms with Crippen molar-refractivity contribution >= 4 is 6.21 Å². The summed E-state index contributed by atoms with van der Waals surface area (Å²) in [5, 5.41) is 6.26. The second kappa shape index (κ2) is 4.72. The van der Waals surface area contributed by atoms with Crippen molar-refractivity contribution in [1.82, 2.24) is 14.8 Å². The Morgan fingerprint density at radius 3 is 2.00 bits per heavy atom. The van der Waals surface area contributed by atoms with Crippen LogP contribution >= 0.6 is 0 Å². The van der Waals surface area contributed by atoms with Crippen LogP contribution in [0.3, 0.4) is 0 Å². The van der Waals surface area contributed by atoms with Gasteiger partial charge in [0, 0.05) is 26.2 Å². The van der Waals surface area contributed by atoms with Crippen molar-refractivity contribution < 1.29 is 0 Å². The fraction of sp³-hybridized carbons (Fsp3) is 0.917. The first-order valence-corrected chi connectivity index (χ1v) is 6.26. The van der Waals surface area contributed by atoms with Crippen LogP contribution in [0.5, 0.6) is 0 Å². The Labute approximate surface area is 98.9 Å². The highest BCUT2D eigenvalue weighted by Crippen LogP contribution is 2.33. The highest BCUT2D eigenvalue weighted by Gasteiger charge is 2.43. The number of hydrogen-bond donors (Lipinski definition) is 0. The first kappa shape index (κ1) is 11.9. The number of hydrogen-bond acceptors (Lipinski definition) is 4. The SMILES string of the molecule is CN(C)/N=C/C1N(C)[C@H]2CCCC[C@@H]2N1C. The van der Waals surface area contributed by atoms with Crippen molar-refractivity contribution in [2.45, 2.75) is 43.9 Å². The molecule has 0 unspecified atom stereocenters. The molecule has 4 nitrogen and oxygen atoms in total. The van der Waals surface area contributed by atoms with Crippen molar-refractivity contribution in [2.75, 3.05) is 28.2 Å². The summed E-state index contributed by atoms with van der Waals surface area (Å²) in [7, 11) is 8.41. The summed E-state index contributed by atoms with van der Waals surface area (Å²) in [5.74, 6) is 0. The van der Waals surface area contributed by atoms with Crippen LogP contribution in [0, 0.1) is 0 Å². The first-order valence-electron chi connectivity index (χ1n) is 6.26. The molecule has 1 saturated carbocycles.